The Morgan fingerprint density at radius 2 is 1.06 bits per heavy atom. The van der Waals surface area contributed by atoms with Crippen molar-refractivity contribution in [3.8, 4) is 27.9 Å². The molecule has 12 rings (SSSR count). The van der Waals surface area contributed by atoms with Gasteiger partial charge in [0.05, 0.1) is 28.1 Å². The van der Waals surface area contributed by atoms with E-state index in [-0.39, 0.29) is 5.92 Å². The Hall–Kier alpha value is -8.08. The van der Waals surface area contributed by atoms with Gasteiger partial charge < -0.3 is 8.98 Å². The third-order valence-electron chi connectivity index (χ3n) is 12.7. The van der Waals surface area contributed by atoms with Crippen molar-refractivity contribution in [2.75, 3.05) is 0 Å². The summed E-state index contributed by atoms with van der Waals surface area (Å²) in [6.07, 6.45) is 3.05. The molecule has 298 valence electrons. The maximum atomic E-state index is 6.64. The Bertz CT molecular complexity index is 3640. The standard InChI is InChI=1S/C59H41N3O/c1-38-27-32-52(60-59(42-30-28-41(29-31-42)39-15-4-2-5-16-39)61-58(38)46-22-14-21-43(33-46)40-17-6-3-7-18-40)51-37-57-50(48-24-11-13-26-56(48)63-57)36-55(51)62-53-25-12-10-23-47(53)49-34-44-19-8-9-20-45(44)35-54(49)62/h2-26,28-38H,27H2,1H3/b52-32+,60-59-,61-58+. The van der Waals surface area contributed by atoms with E-state index < -0.39 is 0 Å². The summed E-state index contributed by atoms with van der Waals surface area (Å²) in [5.41, 5.74) is 14.5. The zero-order chi connectivity index (χ0) is 41.9. The highest BCUT2D eigenvalue weighted by Gasteiger charge is 2.24. The molecule has 11 aromatic rings. The largest absolute Gasteiger partial charge is 0.456 e. The first kappa shape index (κ1) is 36.7. The number of fused-ring (bicyclic) bond motifs is 7. The molecule has 0 aliphatic carbocycles. The molecule has 1 aliphatic rings. The molecule has 2 aromatic heterocycles. The first-order valence-corrected chi connectivity index (χ1v) is 21.7. The minimum absolute atomic E-state index is 0.0816. The van der Waals surface area contributed by atoms with Gasteiger partial charge in [0.2, 0.25) is 0 Å². The number of amidine groups is 1. The maximum absolute atomic E-state index is 6.64. The SMILES string of the molecule is CC1C/C=C(c2cc3oc4ccccc4c3cc2-n2c3ccccc3c3cc4ccccc4cc32)/N=C(c2ccc(-c3ccccc3)cc2)\N=C/1c1cccc(-c2ccccc2)c1. The van der Waals surface area contributed by atoms with Crippen LogP contribution in [0.4, 0.5) is 0 Å². The number of aliphatic imine (C=N–C) groups is 2. The van der Waals surface area contributed by atoms with Crippen molar-refractivity contribution in [3.63, 3.8) is 0 Å². The van der Waals surface area contributed by atoms with Gasteiger partial charge in [0.15, 0.2) is 5.84 Å². The Labute approximate surface area is 365 Å². The fraction of sp³-hybridized carbons (Fsp3) is 0.0508. The van der Waals surface area contributed by atoms with E-state index in [4.69, 9.17) is 14.4 Å². The summed E-state index contributed by atoms with van der Waals surface area (Å²) < 4.78 is 9.08. The van der Waals surface area contributed by atoms with Crippen LogP contribution in [0.1, 0.15) is 30.0 Å². The first-order chi connectivity index (χ1) is 31.1. The molecule has 0 saturated carbocycles. The smallest absolute Gasteiger partial charge is 0.160 e. The van der Waals surface area contributed by atoms with Crippen molar-refractivity contribution in [2.24, 2.45) is 15.9 Å². The van der Waals surface area contributed by atoms with Crippen molar-refractivity contribution >= 4 is 71.8 Å². The van der Waals surface area contributed by atoms with Gasteiger partial charge in [-0.05, 0) is 87.5 Å². The van der Waals surface area contributed by atoms with E-state index in [1.54, 1.807) is 0 Å². The van der Waals surface area contributed by atoms with Crippen LogP contribution in [0.25, 0.3) is 88.2 Å². The summed E-state index contributed by atoms with van der Waals surface area (Å²) in [5.74, 6) is 0.745. The number of aromatic nitrogens is 1. The first-order valence-electron chi connectivity index (χ1n) is 21.7. The van der Waals surface area contributed by atoms with Crippen LogP contribution in [0.3, 0.4) is 0 Å². The summed E-state index contributed by atoms with van der Waals surface area (Å²) in [7, 11) is 0. The number of hydrogen-bond donors (Lipinski definition) is 0. The molecule has 1 atom stereocenters. The Balaban J connectivity index is 1.11. The van der Waals surface area contributed by atoms with Crippen LogP contribution in [0.15, 0.2) is 227 Å². The average molecular weight is 808 g/mol. The van der Waals surface area contributed by atoms with E-state index in [0.29, 0.717) is 5.84 Å². The van der Waals surface area contributed by atoms with Crippen molar-refractivity contribution < 1.29 is 4.42 Å². The van der Waals surface area contributed by atoms with Gasteiger partial charge in [-0.25, -0.2) is 9.98 Å². The Morgan fingerprint density at radius 1 is 0.444 bits per heavy atom. The number of para-hydroxylation sites is 2. The molecule has 0 spiro atoms. The summed E-state index contributed by atoms with van der Waals surface area (Å²) in [5, 5.41) is 6.98. The fourth-order valence-electron chi connectivity index (χ4n) is 9.45. The lowest BCUT2D eigenvalue weighted by Gasteiger charge is -2.20. The molecule has 9 aromatic carbocycles. The molecule has 0 amide bonds. The lowest BCUT2D eigenvalue weighted by Crippen LogP contribution is -2.17. The summed E-state index contributed by atoms with van der Waals surface area (Å²) in [6, 6.07) is 73.4. The molecule has 0 fully saturated rings. The van der Waals surface area contributed by atoms with Gasteiger partial charge in [0.25, 0.3) is 0 Å². The van der Waals surface area contributed by atoms with Crippen LogP contribution in [0.2, 0.25) is 0 Å². The minimum atomic E-state index is 0.0816. The minimum Gasteiger partial charge on any atom is -0.456 e. The van der Waals surface area contributed by atoms with Gasteiger partial charge in [0.1, 0.15) is 11.2 Å². The van der Waals surface area contributed by atoms with Gasteiger partial charge in [-0.3, -0.25) is 0 Å². The number of benzene rings is 9. The van der Waals surface area contributed by atoms with Crippen molar-refractivity contribution in [1.82, 2.24) is 4.57 Å². The quantitative estimate of drug-likeness (QED) is 0.165. The van der Waals surface area contributed by atoms with Gasteiger partial charge in [-0.15, -0.1) is 0 Å². The molecule has 1 unspecified atom stereocenters. The van der Waals surface area contributed by atoms with Gasteiger partial charge >= 0.3 is 0 Å². The molecule has 1 aliphatic heterocycles. The zero-order valence-electron chi connectivity index (χ0n) is 34.7. The van der Waals surface area contributed by atoms with E-state index in [1.807, 2.05) is 6.07 Å². The zero-order valence-corrected chi connectivity index (χ0v) is 34.7. The number of rotatable bonds is 6. The van der Waals surface area contributed by atoms with E-state index in [9.17, 15) is 0 Å². The van der Waals surface area contributed by atoms with Crippen LogP contribution in [-0.4, -0.2) is 16.1 Å². The molecule has 3 heterocycles. The highest BCUT2D eigenvalue weighted by molar-refractivity contribution is 6.17. The molecule has 4 heteroatoms. The molecule has 63 heavy (non-hydrogen) atoms. The van der Waals surface area contributed by atoms with E-state index in [0.717, 1.165) is 84.3 Å². The average Bonchev–Trinajstić information content (AvgIpc) is 3.87. The number of nitrogens with zero attached hydrogens (tertiary/aromatic N) is 3. The molecule has 4 nitrogen and oxygen atoms in total. The van der Waals surface area contributed by atoms with Crippen molar-refractivity contribution in [2.45, 2.75) is 13.3 Å². The van der Waals surface area contributed by atoms with Crippen molar-refractivity contribution in [1.29, 1.82) is 0 Å². The molecule has 0 radical (unpaired) electrons. The topological polar surface area (TPSA) is 42.8 Å². The summed E-state index contributed by atoms with van der Waals surface area (Å²) in [4.78, 5) is 11.2. The summed E-state index contributed by atoms with van der Waals surface area (Å²) >= 11 is 0. The van der Waals surface area contributed by atoms with Crippen LogP contribution < -0.4 is 0 Å². The molecule has 0 bridgehead atoms. The molecular formula is C59H41N3O. The maximum Gasteiger partial charge on any atom is 0.160 e. The highest BCUT2D eigenvalue weighted by atomic mass is 16.3. The number of hydrogen-bond acceptors (Lipinski definition) is 3. The fourth-order valence-corrected chi connectivity index (χ4v) is 9.45. The third kappa shape index (κ3) is 6.47. The van der Waals surface area contributed by atoms with Gasteiger partial charge in [-0.1, -0.05) is 177 Å². The predicted octanol–water partition coefficient (Wildman–Crippen LogP) is 15.5. The number of allylic oxidation sites excluding steroid dienone is 1. The normalized spacial score (nSPS) is 17.0. The van der Waals surface area contributed by atoms with E-state index in [2.05, 4.69) is 218 Å². The molecule has 0 saturated heterocycles. The third-order valence-corrected chi connectivity index (χ3v) is 12.7. The predicted molar refractivity (Wildman–Crippen MR) is 264 cm³/mol. The van der Waals surface area contributed by atoms with Crippen molar-refractivity contribution in [3.05, 3.63) is 229 Å². The van der Waals surface area contributed by atoms with Crippen LogP contribution >= 0.6 is 0 Å². The molecule has 0 N–H and O–H groups in total. The second-order valence-electron chi connectivity index (χ2n) is 16.6. The van der Waals surface area contributed by atoms with E-state index in [1.165, 1.54) is 32.7 Å². The second kappa shape index (κ2) is 15.1. The molecular weight excluding hydrogens is 767 g/mol. The second-order valence-corrected chi connectivity index (χ2v) is 16.6. The lowest BCUT2D eigenvalue weighted by molar-refractivity contribution is 0.668. The highest BCUT2D eigenvalue weighted by Crippen LogP contribution is 2.41. The van der Waals surface area contributed by atoms with Crippen LogP contribution in [0.5, 0.6) is 0 Å². The Kier molecular flexibility index (Phi) is 8.82. The number of furan rings is 1. The lowest BCUT2D eigenvalue weighted by atomic mass is 9.91. The van der Waals surface area contributed by atoms with Gasteiger partial charge in [-0.2, -0.15) is 0 Å². The van der Waals surface area contributed by atoms with Gasteiger partial charge in [0, 0.05) is 38.6 Å². The van der Waals surface area contributed by atoms with Crippen LogP contribution in [0, 0.1) is 5.92 Å². The summed E-state index contributed by atoms with van der Waals surface area (Å²) in [6.45, 7) is 2.28. The van der Waals surface area contributed by atoms with Crippen LogP contribution in [-0.2, 0) is 0 Å². The monoisotopic (exact) mass is 807 g/mol. The Morgan fingerprint density at radius 3 is 1.86 bits per heavy atom. The van der Waals surface area contributed by atoms with E-state index >= 15 is 0 Å².